The van der Waals surface area contributed by atoms with Crippen LogP contribution in [0.3, 0.4) is 0 Å². The van der Waals surface area contributed by atoms with E-state index < -0.39 is 6.04 Å². The molecule has 4 rings (SSSR count). The predicted molar refractivity (Wildman–Crippen MR) is 138 cm³/mol. The smallest absolute Gasteiger partial charge is 0.247 e. The number of benzene rings is 2. The number of nitrogens with zero attached hydrogens (tertiary/aromatic N) is 1. The van der Waals surface area contributed by atoms with Crippen LogP contribution in [0.5, 0.6) is 11.5 Å². The van der Waals surface area contributed by atoms with Crippen molar-refractivity contribution in [1.29, 1.82) is 0 Å². The zero-order valence-corrected chi connectivity index (χ0v) is 21.1. The number of amides is 2. The molecular formula is C28H32N2O4S. The van der Waals surface area contributed by atoms with Crippen molar-refractivity contribution in [2.75, 3.05) is 14.2 Å². The number of nitrogens with one attached hydrogen (secondary N) is 1. The molecule has 0 unspecified atom stereocenters. The van der Waals surface area contributed by atoms with Crippen LogP contribution in [0.15, 0.2) is 66.0 Å². The van der Waals surface area contributed by atoms with Crippen molar-refractivity contribution in [3.05, 3.63) is 82.0 Å². The summed E-state index contributed by atoms with van der Waals surface area (Å²) in [6, 6.07) is 18.3. The number of carbonyl (C=O) groups is 2. The van der Waals surface area contributed by atoms with Crippen LogP contribution in [0.2, 0.25) is 0 Å². The maximum absolute atomic E-state index is 13.8. The Kier molecular flexibility index (Phi) is 8.42. The molecule has 2 aromatic carbocycles. The van der Waals surface area contributed by atoms with Gasteiger partial charge in [-0.25, -0.2) is 0 Å². The Bertz CT molecular complexity index is 1110. The van der Waals surface area contributed by atoms with Crippen LogP contribution >= 0.6 is 11.3 Å². The van der Waals surface area contributed by atoms with Gasteiger partial charge < -0.3 is 19.7 Å². The molecule has 0 aliphatic heterocycles. The summed E-state index contributed by atoms with van der Waals surface area (Å²) in [4.78, 5) is 30.2. The molecule has 1 N–H and O–H groups in total. The fourth-order valence-electron chi connectivity index (χ4n) is 4.56. The van der Waals surface area contributed by atoms with Gasteiger partial charge in [-0.3, -0.25) is 9.59 Å². The second-order valence-corrected chi connectivity index (χ2v) is 9.83. The molecule has 0 saturated heterocycles. The summed E-state index contributed by atoms with van der Waals surface area (Å²) in [6.45, 7) is 0.288. The monoisotopic (exact) mass is 492 g/mol. The van der Waals surface area contributed by atoms with Crippen LogP contribution in [0.25, 0.3) is 0 Å². The van der Waals surface area contributed by atoms with Crippen molar-refractivity contribution in [3.8, 4) is 11.5 Å². The fraction of sp³-hybridized carbons (Fsp3) is 0.357. The Hall–Kier alpha value is -3.32. The van der Waals surface area contributed by atoms with E-state index in [2.05, 4.69) is 5.32 Å². The second-order valence-electron chi connectivity index (χ2n) is 8.79. The largest absolute Gasteiger partial charge is 0.497 e. The van der Waals surface area contributed by atoms with Crippen LogP contribution in [-0.2, 0) is 22.6 Å². The van der Waals surface area contributed by atoms with Crippen LogP contribution in [0.4, 0.5) is 0 Å². The standard InChI is InChI=1S/C28H32N2O4S/c1-33-23-14-12-21(13-15-23)27(28(32)29-22-8-3-4-9-22)30(26(31)18-25-11-6-16-35-25)19-20-7-5-10-24(17-20)34-2/h5-7,10-17,22,27H,3-4,8-9,18-19H2,1-2H3,(H,29,32)/t27-/m0/s1. The lowest BCUT2D eigenvalue weighted by atomic mass is 10.0. The van der Waals surface area contributed by atoms with Gasteiger partial charge >= 0.3 is 0 Å². The third-order valence-corrected chi connectivity index (χ3v) is 7.28. The lowest BCUT2D eigenvalue weighted by Gasteiger charge is -2.32. The van der Waals surface area contributed by atoms with Crippen molar-refractivity contribution in [2.45, 2.75) is 50.7 Å². The molecule has 3 aromatic rings. The van der Waals surface area contributed by atoms with Gasteiger partial charge in [-0.05, 0) is 59.7 Å². The molecule has 0 radical (unpaired) electrons. The molecule has 7 heteroatoms. The quantitative estimate of drug-likeness (QED) is 0.426. The van der Waals surface area contributed by atoms with Gasteiger partial charge in [-0.2, -0.15) is 0 Å². The number of ether oxygens (including phenoxy) is 2. The normalized spacial score (nSPS) is 14.3. The summed E-state index contributed by atoms with van der Waals surface area (Å²) in [5.74, 6) is 1.17. The number of hydrogen-bond donors (Lipinski definition) is 1. The second kappa shape index (κ2) is 11.9. The van der Waals surface area contributed by atoms with Crippen molar-refractivity contribution in [3.63, 3.8) is 0 Å². The van der Waals surface area contributed by atoms with Crippen molar-refractivity contribution in [2.24, 2.45) is 0 Å². The van der Waals surface area contributed by atoms with E-state index >= 15 is 0 Å². The lowest BCUT2D eigenvalue weighted by molar-refractivity contribution is -0.141. The van der Waals surface area contributed by atoms with Gasteiger partial charge in [-0.15, -0.1) is 11.3 Å². The number of thiophene rings is 1. The number of rotatable bonds is 10. The van der Waals surface area contributed by atoms with Crippen LogP contribution < -0.4 is 14.8 Å². The molecule has 1 aromatic heterocycles. The summed E-state index contributed by atoms with van der Waals surface area (Å²) >= 11 is 1.54. The molecule has 0 bridgehead atoms. The highest BCUT2D eigenvalue weighted by Gasteiger charge is 2.33. The first-order valence-corrected chi connectivity index (χ1v) is 12.8. The van der Waals surface area contributed by atoms with Crippen LogP contribution in [-0.4, -0.2) is 37.0 Å². The van der Waals surface area contributed by atoms with E-state index in [9.17, 15) is 9.59 Å². The third kappa shape index (κ3) is 6.42. The highest BCUT2D eigenvalue weighted by molar-refractivity contribution is 7.10. The Balaban J connectivity index is 1.71. The SMILES string of the molecule is COc1ccc([C@@H](C(=O)NC2CCCC2)N(Cc2cccc(OC)c2)C(=O)Cc2cccs2)cc1. The molecule has 1 aliphatic carbocycles. The van der Waals surface area contributed by atoms with Crippen molar-refractivity contribution in [1.82, 2.24) is 10.2 Å². The molecule has 6 nitrogen and oxygen atoms in total. The highest BCUT2D eigenvalue weighted by Crippen LogP contribution is 2.29. The van der Waals surface area contributed by atoms with Gasteiger partial charge in [0, 0.05) is 17.5 Å². The van der Waals surface area contributed by atoms with Crippen LogP contribution in [0, 0.1) is 0 Å². The Morgan fingerprint density at radius 3 is 2.40 bits per heavy atom. The number of carbonyl (C=O) groups excluding carboxylic acids is 2. The van der Waals surface area contributed by atoms with Gasteiger partial charge in [-0.1, -0.05) is 43.2 Å². The highest BCUT2D eigenvalue weighted by atomic mass is 32.1. The summed E-state index contributed by atoms with van der Waals surface area (Å²) in [5, 5.41) is 5.18. The Morgan fingerprint density at radius 1 is 1.00 bits per heavy atom. The summed E-state index contributed by atoms with van der Waals surface area (Å²) in [6.07, 6.45) is 4.41. The van der Waals surface area contributed by atoms with Crippen molar-refractivity contribution >= 4 is 23.2 Å². The molecule has 1 saturated carbocycles. The first-order chi connectivity index (χ1) is 17.1. The molecule has 1 atom stereocenters. The van der Waals surface area contributed by atoms with E-state index in [1.807, 2.05) is 66.0 Å². The molecule has 1 fully saturated rings. The minimum atomic E-state index is -0.764. The molecule has 1 aliphatic rings. The van der Waals surface area contributed by atoms with Gasteiger partial charge in [0.1, 0.15) is 17.5 Å². The van der Waals surface area contributed by atoms with Crippen LogP contribution in [0.1, 0.15) is 47.7 Å². The van der Waals surface area contributed by atoms with E-state index in [0.29, 0.717) is 11.5 Å². The molecule has 0 spiro atoms. The lowest BCUT2D eigenvalue weighted by Crippen LogP contribution is -2.46. The van der Waals surface area contributed by atoms with Gasteiger partial charge in [0.2, 0.25) is 11.8 Å². The zero-order valence-electron chi connectivity index (χ0n) is 20.2. The minimum Gasteiger partial charge on any atom is -0.497 e. The fourth-order valence-corrected chi connectivity index (χ4v) is 5.26. The third-order valence-electron chi connectivity index (χ3n) is 6.41. The molecule has 2 amide bonds. The Labute approximate surface area is 210 Å². The maximum atomic E-state index is 13.8. The van der Waals surface area contributed by atoms with Gasteiger partial charge in [0.05, 0.1) is 20.6 Å². The van der Waals surface area contributed by atoms with Gasteiger partial charge in [0.15, 0.2) is 0 Å². The average molecular weight is 493 g/mol. The summed E-state index contributed by atoms with van der Waals surface area (Å²) < 4.78 is 10.7. The maximum Gasteiger partial charge on any atom is 0.247 e. The molecule has 35 heavy (non-hydrogen) atoms. The molecular weight excluding hydrogens is 460 g/mol. The molecule has 184 valence electrons. The van der Waals surface area contributed by atoms with Crippen molar-refractivity contribution < 1.29 is 19.1 Å². The summed E-state index contributed by atoms with van der Waals surface area (Å²) in [5.41, 5.74) is 1.65. The minimum absolute atomic E-state index is 0.0994. The number of hydrogen-bond acceptors (Lipinski definition) is 5. The first-order valence-electron chi connectivity index (χ1n) is 12.0. The predicted octanol–water partition coefficient (Wildman–Crippen LogP) is 5.14. The van der Waals surface area contributed by atoms with Gasteiger partial charge in [0.25, 0.3) is 0 Å². The summed E-state index contributed by atoms with van der Waals surface area (Å²) in [7, 11) is 3.23. The topological polar surface area (TPSA) is 67.9 Å². The van der Waals surface area contributed by atoms with E-state index in [1.165, 1.54) is 0 Å². The van der Waals surface area contributed by atoms with E-state index in [4.69, 9.17) is 9.47 Å². The average Bonchev–Trinajstić information content (AvgIpc) is 3.58. The Morgan fingerprint density at radius 2 is 1.74 bits per heavy atom. The first kappa shape index (κ1) is 24.8. The zero-order chi connectivity index (χ0) is 24.6. The van der Waals surface area contributed by atoms with E-state index in [-0.39, 0.29) is 30.8 Å². The van der Waals surface area contributed by atoms with E-state index in [1.54, 1.807) is 30.5 Å². The number of methoxy groups -OCH3 is 2. The molecule has 1 heterocycles. The van der Waals surface area contributed by atoms with E-state index in [0.717, 1.165) is 41.7 Å².